The summed E-state index contributed by atoms with van der Waals surface area (Å²) < 4.78 is 5.37. The SMILES string of the molecule is Nc1cc(O)c2c(=O)c(-c3ccc(O)cc3)coc2c1. The molecule has 0 aliphatic carbocycles. The lowest BCUT2D eigenvalue weighted by Gasteiger charge is -2.05. The van der Waals surface area contributed by atoms with Gasteiger partial charge in [0.15, 0.2) is 0 Å². The quantitative estimate of drug-likeness (QED) is 0.589. The Kier molecular flexibility index (Phi) is 2.61. The van der Waals surface area contributed by atoms with E-state index in [1.165, 1.54) is 30.5 Å². The van der Waals surface area contributed by atoms with Crippen molar-refractivity contribution in [1.82, 2.24) is 0 Å². The molecule has 20 heavy (non-hydrogen) atoms. The average molecular weight is 269 g/mol. The third kappa shape index (κ3) is 1.85. The van der Waals surface area contributed by atoms with Gasteiger partial charge in [-0.25, -0.2) is 0 Å². The van der Waals surface area contributed by atoms with Crippen LogP contribution in [0.15, 0.2) is 51.9 Å². The van der Waals surface area contributed by atoms with Crippen molar-refractivity contribution in [2.24, 2.45) is 0 Å². The number of hydrogen-bond donors (Lipinski definition) is 3. The number of aromatic hydroxyl groups is 2. The molecule has 2 aromatic carbocycles. The molecule has 4 N–H and O–H groups in total. The molecule has 0 saturated heterocycles. The molecular weight excluding hydrogens is 258 g/mol. The maximum Gasteiger partial charge on any atom is 0.204 e. The molecule has 0 aliphatic rings. The Balaban J connectivity index is 2.31. The van der Waals surface area contributed by atoms with E-state index in [0.29, 0.717) is 16.8 Å². The van der Waals surface area contributed by atoms with E-state index in [1.54, 1.807) is 12.1 Å². The molecule has 0 unspecified atom stereocenters. The van der Waals surface area contributed by atoms with Crippen molar-refractivity contribution < 1.29 is 14.6 Å². The fraction of sp³-hybridized carbons (Fsp3) is 0. The standard InChI is InChI=1S/C15H11NO4/c16-9-5-12(18)14-13(6-9)20-7-11(15(14)19)8-1-3-10(17)4-2-8/h1-7,17-18H,16H2. The van der Waals surface area contributed by atoms with Crippen molar-refractivity contribution in [2.75, 3.05) is 5.73 Å². The van der Waals surface area contributed by atoms with Crippen LogP contribution >= 0.6 is 0 Å². The van der Waals surface area contributed by atoms with Crippen LogP contribution in [0.2, 0.25) is 0 Å². The van der Waals surface area contributed by atoms with Gasteiger partial charge >= 0.3 is 0 Å². The molecule has 5 nitrogen and oxygen atoms in total. The number of rotatable bonds is 1. The van der Waals surface area contributed by atoms with Gasteiger partial charge in [0, 0.05) is 17.8 Å². The van der Waals surface area contributed by atoms with Gasteiger partial charge in [-0.2, -0.15) is 0 Å². The molecule has 0 fully saturated rings. The van der Waals surface area contributed by atoms with Crippen molar-refractivity contribution >= 4 is 16.7 Å². The molecule has 0 amide bonds. The number of phenols is 2. The summed E-state index contributed by atoms with van der Waals surface area (Å²) in [6.45, 7) is 0. The Labute approximate surface area is 113 Å². The normalized spacial score (nSPS) is 10.8. The van der Waals surface area contributed by atoms with Crippen LogP contribution in [-0.2, 0) is 0 Å². The van der Waals surface area contributed by atoms with E-state index in [4.69, 9.17) is 10.2 Å². The topological polar surface area (TPSA) is 96.7 Å². The molecular formula is C15H11NO4. The maximum absolute atomic E-state index is 12.4. The summed E-state index contributed by atoms with van der Waals surface area (Å²) in [7, 11) is 0. The zero-order valence-corrected chi connectivity index (χ0v) is 10.3. The van der Waals surface area contributed by atoms with E-state index in [-0.39, 0.29) is 27.9 Å². The number of benzene rings is 2. The number of phenolic OH excluding ortho intramolecular Hbond substituents is 2. The minimum Gasteiger partial charge on any atom is -0.508 e. The second-order valence-electron chi connectivity index (χ2n) is 4.44. The van der Waals surface area contributed by atoms with E-state index in [0.717, 1.165) is 0 Å². The summed E-state index contributed by atoms with van der Waals surface area (Å²) in [5, 5.41) is 19.2. The number of hydrogen-bond acceptors (Lipinski definition) is 5. The van der Waals surface area contributed by atoms with Gasteiger partial charge in [-0.05, 0) is 17.7 Å². The number of nitrogens with two attached hydrogens (primary N) is 1. The Hall–Kier alpha value is -2.95. The highest BCUT2D eigenvalue weighted by Gasteiger charge is 2.13. The molecule has 1 aromatic heterocycles. The fourth-order valence-corrected chi connectivity index (χ4v) is 2.09. The second kappa shape index (κ2) is 4.31. The highest BCUT2D eigenvalue weighted by molar-refractivity contribution is 5.89. The number of fused-ring (bicyclic) bond motifs is 1. The molecule has 3 aromatic rings. The van der Waals surface area contributed by atoms with Crippen LogP contribution in [-0.4, -0.2) is 10.2 Å². The van der Waals surface area contributed by atoms with Gasteiger partial charge in [0.25, 0.3) is 0 Å². The predicted molar refractivity (Wildman–Crippen MR) is 75.7 cm³/mol. The number of nitrogen functional groups attached to an aromatic ring is 1. The minimum absolute atomic E-state index is 0.0878. The van der Waals surface area contributed by atoms with Crippen LogP contribution in [0.4, 0.5) is 5.69 Å². The molecule has 0 radical (unpaired) electrons. The van der Waals surface area contributed by atoms with Crippen LogP contribution in [0.5, 0.6) is 11.5 Å². The monoisotopic (exact) mass is 269 g/mol. The Morgan fingerprint density at radius 2 is 1.75 bits per heavy atom. The third-order valence-electron chi connectivity index (χ3n) is 3.06. The van der Waals surface area contributed by atoms with Crippen LogP contribution in [0.1, 0.15) is 0 Å². The first kappa shape index (κ1) is 12.1. The van der Waals surface area contributed by atoms with E-state index in [2.05, 4.69) is 0 Å². The molecule has 0 saturated carbocycles. The lowest BCUT2D eigenvalue weighted by atomic mass is 10.0. The highest BCUT2D eigenvalue weighted by Crippen LogP contribution is 2.28. The largest absolute Gasteiger partial charge is 0.508 e. The van der Waals surface area contributed by atoms with E-state index < -0.39 is 0 Å². The Morgan fingerprint density at radius 3 is 2.45 bits per heavy atom. The maximum atomic E-state index is 12.4. The fourth-order valence-electron chi connectivity index (χ4n) is 2.09. The lowest BCUT2D eigenvalue weighted by molar-refractivity contribution is 0.475. The summed E-state index contributed by atoms with van der Waals surface area (Å²) >= 11 is 0. The Morgan fingerprint density at radius 1 is 1.05 bits per heavy atom. The van der Waals surface area contributed by atoms with Crippen LogP contribution in [0.25, 0.3) is 22.1 Å². The van der Waals surface area contributed by atoms with Crippen LogP contribution in [0, 0.1) is 0 Å². The minimum atomic E-state index is -0.352. The van der Waals surface area contributed by atoms with Crippen molar-refractivity contribution in [2.45, 2.75) is 0 Å². The zero-order chi connectivity index (χ0) is 14.3. The smallest absolute Gasteiger partial charge is 0.204 e. The highest BCUT2D eigenvalue weighted by atomic mass is 16.3. The summed E-state index contributed by atoms with van der Waals surface area (Å²) in [6.07, 6.45) is 1.32. The van der Waals surface area contributed by atoms with E-state index in [1.807, 2.05) is 0 Å². The van der Waals surface area contributed by atoms with Crippen molar-refractivity contribution in [3.8, 4) is 22.6 Å². The first-order valence-electron chi connectivity index (χ1n) is 5.89. The summed E-state index contributed by atoms with van der Waals surface area (Å²) in [6, 6.07) is 8.93. The lowest BCUT2D eigenvalue weighted by Crippen LogP contribution is -2.05. The number of anilines is 1. The van der Waals surface area contributed by atoms with E-state index in [9.17, 15) is 15.0 Å². The third-order valence-corrected chi connectivity index (χ3v) is 3.06. The average Bonchev–Trinajstić information content (AvgIpc) is 2.39. The zero-order valence-electron chi connectivity index (χ0n) is 10.3. The molecule has 3 rings (SSSR count). The first-order chi connectivity index (χ1) is 9.56. The summed E-state index contributed by atoms with van der Waals surface area (Å²) in [5.74, 6) is -0.107. The molecule has 0 atom stereocenters. The molecule has 0 aliphatic heterocycles. The van der Waals surface area contributed by atoms with E-state index >= 15 is 0 Å². The van der Waals surface area contributed by atoms with Gasteiger partial charge in [-0.15, -0.1) is 0 Å². The molecule has 0 bridgehead atoms. The predicted octanol–water partition coefficient (Wildman–Crippen LogP) is 2.45. The molecule has 1 heterocycles. The van der Waals surface area contributed by atoms with Gasteiger partial charge < -0.3 is 20.4 Å². The summed E-state index contributed by atoms with van der Waals surface area (Å²) in [4.78, 5) is 12.4. The van der Waals surface area contributed by atoms with Gasteiger partial charge in [0.2, 0.25) is 5.43 Å². The van der Waals surface area contributed by atoms with Gasteiger partial charge in [0.1, 0.15) is 28.7 Å². The second-order valence-corrected chi connectivity index (χ2v) is 4.44. The van der Waals surface area contributed by atoms with Gasteiger partial charge in [0.05, 0.1) is 5.56 Å². The molecule has 0 spiro atoms. The molecule has 100 valence electrons. The van der Waals surface area contributed by atoms with Crippen molar-refractivity contribution in [3.05, 3.63) is 52.9 Å². The summed E-state index contributed by atoms with van der Waals surface area (Å²) in [5.41, 5.74) is 6.68. The van der Waals surface area contributed by atoms with Crippen molar-refractivity contribution in [1.29, 1.82) is 0 Å². The van der Waals surface area contributed by atoms with Gasteiger partial charge in [-0.3, -0.25) is 4.79 Å². The van der Waals surface area contributed by atoms with Crippen LogP contribution < -0.4 is 11.2 Å². The molecule has 5 heteroatoms. The first-order valence-corrected chi connectivity index (χ1v) is 5.89. The van der Waals surface area contributed by atoms with Gasteiger partial charge in [-0.1, -0.05) is 12.1 Å². The van der Waals surface area contributed by atoms with Crippen LogP contribution in [0.3, 0.4) is 0 Å². The Bertz CT molecular complexity index is 850. The van der Waals surface area contributed by atoms with Crippen molar-refractivity contribution in [3.63, 3.8) is 0 Å².